The van der Waals surface area contributed by atoms with E-state index in [9.17, 15) is 29.7 Å². The summed E-state index contributed by atoms with van der Waals surface area (Å²) < 4.78 is 23.5. The Bertz CT molecular complexity index is 1250. The highest BCUT2D eigenvalue weighted by atomic mass is 16.6. The molecule has 48 heavy (non-hydrogen) atoms. The number of piperazine rings is 1. The number of carbonyl (C=O) groups is 3. The quantitative estimate of drug-likeness (QED) is 0.0881. The second-order valence-electron chi connectivity index (χ2n) is 14.7. The first-order chi connectivity index (χ1) is 22.5. The Morgan fingerprint density at radius 1 is 1.29 bits per heavy atom. The molecule has 4 aliphatic heterocycles. The molecule has 4 N–H and O–H groups in total. The third-order valence-corrected chi connectivity index (χ3v) is 10.2. The maximum absolute atomic E-state index is 13.4. The molecule has 0 aromatic carbocycles. The van der Waals surface area contributed by atoms with E-state index in [2.05, 4.69) is 5.32 Å². The number of epoxide rings is 1. The summed E-state index contributed by atoms with van der Waals surface area (Å²) >= 11 is 0. The zero-order valence-electron chi connectivity index (χ0n) is 29.5. The predicted octanol–water partition coefficient (Wildman–Crippen LogP) is 3.33. The zero-order chi connectivity index (χ0) is 35.4. The van der Waals surface area contributed by atoms with E-state index in [4.69, 9.17) is 18.9 Å². The Balaban J connectivity index is 1.52. The molecule has 0 aliphatic carbocycles. The minimum absolute atomic E-state index is 0.0200. The van der Waals surface area contributed by atoms with E-state index in [1.807, 2.05) is 27.7 Å². The molecule has 12 nitrogen and oxygen atoms in total. The number of cyclic esters (lactones) is 1. The van der Waals surface area contributed by atoms with Gasteiger partial charge in [-0.15, -0.1) is 0 Å². The van der Waals surface area contributed by atoms with Gasteiger partial charge in [0.1, 0.15) is 11.7 Å². The number of esters is 2. The number of likely N-dealkylation sites (tertiary alicyclic amines) is 1. The average molecular weight is 677 g/mol. The molecule has 12 atom stereocenters. The SMILES string of the molecule is CC[C@H](O)[C@@H](C)[C@H]1O[C@@H]1C[C@@](C)(O)/C=C/C=C(\C)[C@H]1OC(=O)C[C@H](O)CC[C@@](C)(OC(C)=O)[C@@H](OC(=O)N2C[C@H]3C[C@@H]2CN3)/C=C/[C@@H]1C. The van der Waals surface area contributed by atoms with Crippen LogP contribution < -0.4 is 5.32 Å². The Kier molecular flexibility index (Phi) is 12.6. The van der Waals surface area contributed by atoms with E-state index in [0.29, 0.717) is 31.5 Å². The number of carbonyl (C=O) groups excluding carboxylic acids is 3. The first-order valence-electron chi connectivity index (χ1n) is 17.4. The number of nitrogens with one attached hydrogen (secondary N) is 1. The summed E-state index contributed by atoms with van der Waals surface area (Å²) in [5.74, 6) is -1.56. The number of ether oxygens (including phenoxy) is 4. The molecule has 3 saturated heterocycles. The van der Waals surface area contributed by atoms with Crippen LogP contribution in [0.25, 0.3) is 0 Å². The number of aliphatic hydroxyl groups is 3. The molecule has 0 aromatic rings. The van der Waals surface area contributed by atoms with Crippen molar-refractivity contribution >= 4 is 18.0 Å². The summed E-state index contributed by atoms with van der Waals surface area (Å²) in [5.41, 5.74) is -1.78. The summed E-state index contributed by atoms with van der Waals surface area (Å²) in [6.45, 7) is 13.4. The lowest BCUT2D eigenvalue weighted by molar-refractivity contribution is -0.168. The molecule has 0 aromatic heterocycles. The number of amides is 1. The van der Waals surface area contributed by atoms with Gasteiger partial charge in [0.15, 0.2) is 6.10 Å². The van der Waals surface area contributed by atoms with Crippen LogP contribution in [0, 0.1) is 11.8 Å². The molecule has 2 bridgehead atoms. The molecule has 1 amide bonds. The Labute approximate surface area is 284 Å². The molecule has 3 fully saturated rings. The third kappa shape index (κ3) is 9.90. The van der Waals surface area contributed by atoms with Crippen LogP contribution >= 0.6 is 0 Å². The van der Waals surface area contributed by atoms with Crippen molar-refractivity contribution in [1.29, 1.82) is 0 Å². The number of rotatable bonds is 10. The van der Waals surface area contributed by atoms with Crippen LogP contribution in [-0.2, 0) is 28.5 Å². The Morgan fingerprint density at radius 2 is 2.02 bits per heavy atom. The van der Waals surface area contributed by atoms with Gasteiger partial charge in [0, 0.05) is 50.4 Å². The number of hydrogen-bond acceptors (Lipinski definition) is 11. The first kappa shape index (κ1) is 38.0. The molecule has 12 heteroatoms. The Hall–Kier alpha value is -2.77. The first-order valence-corrected chi connectivity index (χ1v) is 17.4. The summed E-state index contributed by atoms with van der Waals surface area (Å²) in [6.07, 6.45) is 6.52. The van der Waals surface area contributed by atoms with Gasteiger partial charge >= 0.3 is 18.0 Å². The van der Waals surface area contributed by atoms with Crippen molar-refractivity contribution in [3.63, 3.8) is 0 Å². The largest absolute Gasteiger partial charge is 0.457 e. The maximum Gasteiger partial charge on any atom is 0.410 e. The smallest absolute Gasteiger partial charge is 0.410 e. The molecule has 270 valence electrons. The molecule has 4 rings (SSSR count). The van der Waals surface area contributed by atoms with Crippen LogP contribution in [0.5, 0.6) is 0 Å². The van der Waals surface area contributed by atoms with Crippen molar-refractivity contribution in [2.24, 2.45) is 11.8 Å². The van der Waals surface area contributed by atoms with E-state index in [-0.39, 0.29) is 49.5 Å². The third-order valence-electron chi connectivity index (χ3n) is 10.2. The van der Waals surface area contributed by atoms with Gasteiger partial charge in [0.2, 0.25) is 0 Å². The number of allylic oxidation sites excluding steroid dienone is 2. The average Bonchev–Trinajstić information content (AvgIpc) is 3.40. The predicted molar refractivity (Wildman–Crippen MR) is 178 cm³/mol. The molecular formula is C36H56N2O10. The fourth-order valence-corrected chi connectivity index (χ4v) is 7.19. The lowest BCUT2D eigenvalue weighted by Gasteiger charge is -2.37. The highest BCUT2D eigenvalue weighted by Gasteiger charge is 2.48. The molecule has 0 unspecified atom stereocenters. The van der Waals surface area contributed by atoms with Crippen LogP contribution in [0.15, 0.2) is 36.0 Å². The second-order valence-corrected chi connectivity index (χ2v) is 14.7. The van der Waals surface area contributed by atoms with E-state index in [1.165, 1.54) is 6.92 Å². The van der Waals surface area contributed by atoms with Crippen molar-refractivity contribution in [1.82, 2.24) is 10.2 Å². The minimum atomic E-state index is -1.30. The summed E-state index contributed by atoms with van der Waals surface area (Å²) in [6, 6.07) is 0.273. The summed E-state index contributed by atoms with van der Waals surface area (Å²) in [7, 11) is 0. The van der Waals surface area contributed by atoms with Gasteiger partial charge in [-0.25, -0.2) is 4.79 Å². The Morgan fingerprint density at radius 3 is 2.65 bits per heavy atom. The van der Waals surface area contributed by atoms with E-state index in [0.717, 1.165) is 6.42 Å². The van der Waals surface area contributed by atoms with Crippen LogP contribution in [-0.4, -0.2) is 111 Å². The van der Waals surface area contributed by atoms with Crippen molar-refractivity contribution in [2.75, 3.05) is 13.1 Å². The van der Waals surface area contributed by atoms with Crippen molar-refractivity contribution in [3.8, 4) is 0 Å². The fraction of sp³-hybridized carbons (Fsp3) is 0.750. The van der Waals surface area contributed by atoms with Gasteiger partial charge in [-0.1, -0.05) is 45.1 Å². The molecular weight excluding hydrogens is 620 g/mol. The zero-order valence-corrected chi connectivity index (χ0v) is 29.5. The van der Waals surface area contributed by atoms with Crippen LogP contribution in [0.3, 0.4) is 0 Å². The fourth-order valence-electron chi connectivity index (χ4n) is 7.19. The molecule has 0 saturated carbocycles. The van der Waals surface area contributed by atoms with Crippen LogP contribution in [0.4, 0.5) is 4.79 Å². The number of fused-ring (bicyclic) bond motifs is 2. The van der Waals surface area contributed by atoms with E-state index in [1.54, 1.807) is 49.1 Å². The van der Waals surface area contributed by atoms with E-state index < -0.39 is 59.6 Å². The topological polar surface area (TPSA) is 167 Å². The van der Waals surface area contributed by atoms with Crippen molar-refractivity contribution in [2.45, 2.75) is 147 Å². The van der Waals surface area contributed by atoms with Gasteiger partial charge in [-0.3, -0.25) is 9.59 Å². The summed E-state index contributed by atoms with van der Waals surface area (Å²) in [5, 5.41) is 35.3. The maximum atomic E-state index is 13.4. The van der Waals surface area contributed by atoms with E-state index >= 15 is 0 Å². The van der Waals surface area contributed by atoms with Crippen molar-refractivity contribution < 1.29 is 48.7 Å². The number of hydrogen-bond donors (Lipinski definition) is 4. The normalized spacial score (nSPS) is 37.5. The lowest BCUT2D eigenvalue weighted by atomic mass is 9.88. The number of aliphatic hydroxyl groups excluding tert-OH is 2. The van der Waals surface area contributed by atoms with Gasteiger partial charge in [0.05, 0.1) is 36.4 Å². The monoisotopic (exact) mass is 676 g/mol. The summed E-state index contributed by atoms with van der Waals surface area (Å²) in [4.78, 5) is 40.3. The standard InChI is InChI=1S/C36H56N2O10/c1-8-28(41)23(4)33-29(45-33)18-35(6,44)14-9-10-21(2)32-22(3)11-12-30(46-34(43)38-20-25-16-26(38)19-37-25)36(7,48-24(5)39)15-13-27(40)17-31(42)47-32/h9-12,14,22-23,25-30,32-33,37,40-41,44H,8,13,15-20H2,1-7H3/b12-11+,14-9+,21-10+/t22-,23+,25+,26+,27+,28-,29+,30-,32+,33+,35-,36+/m0/s1. The van der Waals surface area contributed by atoms with Gasteiger partial charge < -0.3 is 44.5 Å². The molecule has 0 spiro atoms. The molecule has 0 radical (unpaired) electrons. The highest BCUT2D eigenvalue weighted by molar-refractivity contribution is 5.71. The molecule has 4 aliphatic rings. The second kappa shape index (κ2) is 15.8. The highest BCUT2D eigenvalue weighted by Crippen LogP contribution is 2.38. The minimum Gasteiger partial charge on any atom is -0.457 e. The van der Waals surface area contributed by atoms with Gasteiger partial charge in [-0.05, 0) is 58.1 Å². The number of nitrogens with zero attached hydrogens (tertiary/aromatic N) is 1. The van der Waals surface area contributed by atoms with Gasteiger partial charge in [-0.2, -0.15) is 0 Å². The van der Waals surface area contributed by atoms with Gasteiger partial charge in [0.25, 0.3) is 0 Å². The van der Waals surface area contributed by atoms with Crippen molar-refractivity contribution in [3.05, 3.63) is 36.0 Å². The lowest BCUT2D eigenvalue weighted by Crippen LogP contribution is -2.51. The van der Waals surface area contributed by atoms with Crippen LogP contribution in [0.1, 0.15) is 87.0 Å². The van der Waals surface area contributed by atoms with Crippen LogP contribution in [0.2, 0.25) is 0 Å². The molecule has 4 heterocycles.